The van der Waals surface area contributed by atoms with Crippen LogP contribution in [0.2, 0.25) is 0 Å². The average molecular weight is 1220 g/mol. The van der Waals surface area contributed by atoms with Crippen molar-refractivity contribution in [3.8, 4) is 46.0 Å². The van der Waals surface area contributed by atoms with E-state index in [0.29, 0.717) is 75.9 Å². The highest BCUT2D eigenvalue weighted by Gasteiger charge is 2.36. The van der Waals surface area contributed by atoms with Crippen LogP contribution in [0.15, 0.2) is 36.4 Å². The van der Waals surface area contributed by atoms with Crippen LogP contribution in [0.5, 0.6) is 46.0 Å². The maximum Gasteiger partial charge on any atom is 0.208 e. The number of benzene rings is 6. The fourth-order valence-electron chi connectivity index (χ4n) is 12.9. The van der Waals surface area contributed by atoms with Crippen LogP contribution in [0.4, 0.5) is 0 Å². The highest BCUT2D eigenvalue weighted by atomic mass is 16.6. The minimum absolute atomic E-state index is 0.535. The molecular weight excluding hydrogens is 1090 g/mol. The van der Waals surface area contributed by atoms with Crippen molar-refractivity contribution in [2.45, 2.75) is 312 Å². The predicted molar refractivity (Wildman–Crippen MR) is 379 cm³/mol. The second-order valence-corrected chi connectivity index (χ2v) is 25.7. The molecule has 0 N–H and O–H groups in total. The Bertz CT molecular complexity index is 2800. The largest absolute Gasteiger partial charge is 0.493 e. The Kier molecular flexibility index (Phi) is 36.1. The summed E-state index contributed by atoms with van der Waals surface area (Å²) in [6, 6.07) is 13.7. The van der Waals surface area contributed by atoms with E-state index < -0.39 is 0 Å². The van der Waals surface area contributed by atoms with E-state index in [9.17, 15) is 0 Å². The van der Waals surface area contributed by atoms with Crippen molar-refractivity contribution >= 4 is 53.9 Å². The SMILES string of the molecule is CCCCCCCOc1c(OCCCCCCC)c(OCCCCCCC)c2c(c1OCCCCCCC)c1c(OCCCCCCC)c(OCCCCCCC)c(OCCCCCCC)c3c(OCCCCCCC)cc4cc5ccccc5c2c4c31. The van der Waals surface area contributed by atoms with Gasteiger partial charge in [-0.25, -0.2) is 0 Å². The van der Waals surface area contributed by atoms with E-state index in [1.807, 2.05) is 0 Å². The highest BCUT2D eigenvalue weighted by molar-refractivity contribution is 6.43. The topological polar surface area (TPSA) is 73.8 Å². The zero-order valence-corrected chi connectivity index (χ0v) is 57.7. The molecular formula is C80H126O8. The molecule has 6 aromatic rings. The maximum absolute atomic E-state index is 7.66. The lowest BCUT2D eigenvalue weighted by atomic mass is 9.84. The summed E-state index contributed by atoms with van der Waals surface area (Å²) in [4.78, 5) is 0. The summed E-state index contributed by atoms with van der Waals surface area (Å²) in [6.45, 7) is 22.8. The lowest BCUT2D eigenvalue weighted by Gasteiger charge is -2.29. The number of fused-ring (bicyclic) bond motifs is 5. The van der Waals surface area contributed by atoms with E-state index in [1.165, 1.54) is 154 Å². The Labute approximate surface area is 536 Å². The number of hydrogen-bond donors (Lipinski definition) is 0. The molecule has 0 saturated heterocycles. The second-order valence-electron chi connectivity index (χ2n) is 25.7. The molecule has 0 aliphatic carbocycles. The van der Waals surface area contributed by atoms with Gasteiger partial charge in [0.05, 0.1) is 58.2 Å². The van der Waals surface area contributed by atoms with Crippen molar-refractivity contribution < 1.29 is 37.9 Å². The Morgan fingerprint density at radius 2 is 0.466 bits per heavy atom. The summed E-state index contributed by atoms with van der Waals surface area (Å²) in [7, 11) is 0. The second kappa shape index (κ2) is 43.9. The van der Waals surface area contributed by atoms with Gasteiger partial charge in [-0.05, 0) is 85.0 Å². The summed E-state index contributed by atoms with van der Waals surface area (Å²) in [6.07, 6.45) is 45.1. The van der Waals surface area contributed by atoms with E-state index in [1.54, 1.807) is 0 Å². The number of ether oxygens (including phenoxy) is 8. The third kappa shape index (κ3) is 22.0. The van der Waals surface area contributed by atoms with Crippen molar-refractivity contribution in [1.29, 1.82) is 0 Å². The third-order valence-electron chi connectivity index (χ3n) is 18.0. The molecule has 0 aliphatic rings. The number of rotatable bonds is 56. The van der Waals surface area contributed by atoms with Crippen LogP contribution in [0.25, 0.3) is 53.9 Å². The van der Waals surface area contributed by atoms with Gasteiger partial charge in [-0.15, -0.1) is 0 Å². The first-order valence-corrected chi connectivity index (χ1v) is 37.3. The normalized spacial score (nSPS) is 11.8. The van der Waals surface area contributed by atoms with Gasteiger partial charge in [0.1, 0.15) is 5.75 Å². The van der Waals surface area contributed by atoms with E-state index in [2.05, 4.69) is 91.8 Å². The molecule has 0 unspecified atom stereocenters. The first-order chi connectivity index (χ1) is 43.5. The van der Waals surface area contributed by atoms with Gasteiger partial charge in [-0.1, -0.05) is 285 Å². The zero-order valence-electron chi connectivity index (χ0n) is 57.7. The molecule has 0 heterocycles. The molecule has 0 saturated carbocycles. The lowest BCUT2D eigenvalue weighted by molar-refractivity contribution is 0.222. The third-order valence-corrected chi connectivity index (χ3v) is 18.0. The quantitative estimate of drug-likeness (QED) is 0.0212. The smallest absolute Gasteiger partial charge is 0.208 e. The van der Waals surface area contributed by atoms with Gasteiger partial charge in [-0.2, -0.15) is 0 Å². The molecule has 88 heavy (non-hydrogen) atoms. The maximum atomic E-state index is 7.66. The molecule has 8 heteroatoms. The molecule has 494 valence electrons. The molecule has 6 rings (SSSR count). The van der Waals surface area contributed by atoms with E-state index in [4.69, 9.17) is 37.9 Å². The van der Waals surface area contributed by atoms with Crippen LogP contribution in [0.1, 0.15) is 312 Å². The molecule has 0 aromatic heterocycles. The standard InChI is InChI=1S/C80H126O8/c1-9-17-25-33-43-53-81-66-62-64-61-63-51-41-42-52-65(63)68-67(64)70-69(66)74(82-54-44-34-26-18-10-2)78(86-58-48-38-30-22-14-6)76(84-56-46-36-28-20-12-4)72(70)73-71(68)75(83-55-45-35-27-19-11-3)79(87-59-49-39-31-23-15-7)80(88-60-50-40-32-24-16-8)77(73)85-57-47-37-29-21-13-5/h41-42,51-52,61-62H,9-40,43-50,53-60H2,1-8H3. The van der Waals surface area contributed by atoms with Crippen LogP contribution >= 0.6 is 0 Å². The summed E-state index contributed by atoms with van der Waals surface area (Å²) >= 11 is 0. The van der Waals surface area contributed by atoms with Gasteiger partial charge >= 0.3 is 0 Å². The molecule has 0 aliphatic heterocycles. The van der Waals surface area contributed by atoms with Gasteiger partial charge in [0.15, 0.2) is 23.0 Å². The molecule has 0 bridgehead atoms. The van der Waals surface area contributed by atoms with Gasteiger partial charge in [0.25, 0.3) is 0 Å². The molecule has 8 nitrogen and oxygen atoms in total. The van der Waals surface area contributed by atoms with Crippen LogP contribution < -0.4 is 37.9 Å². The Balaban J connectivity index is 1.87. The van der Waals surface area contributed by atoms with Crippen molar-refractivity contribution in [3.05, 3.63) is 36.4 Å². The van der Waals surface area contributed by atoms with Crippen LogP contribution in [0, 0.1) is 0 Å². The zero-order chi connectivity index (χ0) is 62.2. The average Bonchev–Trinajstić information content (AvgIpc) is 0.700. The molecule has 0 atom stereocenters. The van der Waals surface area contributed by atoms with E-state index in [0.717, 1.165) is 180 Å². The lowest BCUT2D eigenvalue weighted by Crippen LogP contribution is -2.11. The molecule has 0 amide bonds. The van der Waals surface area contributed by atoms with Crippen molar-refractivity contribution in [2.24, 2.45) is 0 Å². The Hall–Kier alpha value is -4.72. The Morgan fingerprint density at radius 3 is 0.807 bits per heavy atom. The van der Waals surface area contributed by atoms with Crippen LogP contribution in [-0.2, 0) is 0 Å². The summed E-state index contributed by atoms with van der Waals surface area (Å²) < 4.78 is 60.0. The van der Waals surface area contributed by atoms with Gasteiger partial charge in [0.2, 0.25) is 17.2 Å². The predicted octanol–water partition coefficient (Wildman–Crippen LogP) is 25.7. The Morgan fingerprint density at radius 1 is 0.205 bits per heavy atom. The first kappa shape index (κ1) is 72.3. The fraction of sp³-hybridized carbons (Fsp3) is 0.700. The minimum atomic E-state index is 0.535. The van der Waals surface area contributed by atoms with Gasteiger partial charge in [-0.3, -0.25) is 0 Å². The van der Waals surface area contributed by atoms with Crippen LogP contribution in [0.3, 0.4) is 0 Å². The van der Waals surface area contributed by atoms with Gasteiger partial charge in [0, 0.05) is 26.9 Å². The van der Waals surface area contributed by atoms with Crippen LogP contribution in [-0.4, -0.2) is 52.9 Å². The summed E-state index contributed by atoms with van der Waals surface area (Å²) in [5.41, 5.74) is 0. The first-order valence-electron chi connectivity index (χ1n) is 37.3. The van der Waals surface area contributed by atoms with E-state index >= 15 is 0 Å². The highest BCUT2D eigenvalue weighted by Crippen LogP contribution is 2.63. The number of hydrogen-bond acceptors (Lipinski definition) is 8. The van der Waals surface area contributed by atoms with Crippen molar-refractivity contribution in [3.63, 3.8) is 0 Å². The van der Waals surface area contributed by atoms with Crippen molar-refractivity contribution in [2.75, 3.05) is 52.9 Å². The van der Waals surface area contributed by atoms with Gasteiger partial charge < -0.3 is 37.9 Å². The van der Waals surface area contributed by atoms with Crippen molar-refractivity contribution in [1.82, 2.24) is 0 Å². The molecule has 0 spiro atoms. The molecule has 6 aromatic carbocycles. The number of unbranched alkanes of at least 4 members (excludes halogenated alkanes) is 32. The monoisotopic (exact) mass is 1210 g/mol. The molecule has 0 radical (unpaired) electrons. The fourth-order valence-corrected chi connectivity index (χ4v) is 12.9. The summed E-state index contributed by atoms with van der Waals surface area (Å²) in [5, 5.41) is 10.6. The minimum Gasteiger partial charge on any atom is -0.493 e. The molecule has 0 fully saturated rings. The summed E-state index contributed by atoms with van der Waals surface area (Å²) in [5.74, 6) is 5.76. The van der Waals surface area contributed by atoms with E-state index in [-0.39, 0.29) is 0 Å².